The van der Waals surface area contributed by atoms with Gasteiger partial charge >= 0.3 is 12.3 Å². The van der Waals surface area contributed by atoms with Crippen LogP contribution in [-0.4, -0.2) is 34.6 Å². The molecule has 0 aliphatic heterocycles. The maximum absolute atomic E-state index is 13.9. The van der Waals surface area contributed by atoms with Crippen LogP contribution < -0.4 is 4.74 Å². The Morgan fingerprint density at radius 3 is 2.63 bits per heavy atom. The number of carbonyl (C=O) groups is 2. The second-order valence-electron chi connectivity index (χ2n) is 6.47. The Bertz CT molecular complexity index is 1190. The molecular weight excluding hydrogens is 476 g/mol. The van der Waals surface area contributed by atoms with Gasteiger partial charge in [-0.1, -0.05) is 18.2 Å². The zero-order chi connectivity index (χ0) is 21.8. The second-order valence-corrected chi connectivity index (χ2v) is 7.33. The van der Waals surface area contributed by atoms with Gasteiger partial charge in [0.15, 0.2) is 5.78 Å². The zero-order valence-electron chi connectivity index (χ0n) is 15.0. The average molecular weight is 487 g/mol. The molecule has 0 spiro atoms. The van der Waals surface area contributed by atoms with Crippen LogP contribution in [0.4, 0.5) is 17.6 Å². The van der Waals surface area contributed by atoms with E-state index in [9.17, 15) is 27.2 Å². The molecule has 30 heavy (non-hydrogen) atoms. The van der Waals surface area contributed by atoms with Crippen molar-refractivity contribution >= 4 is 33.3 Å². The first-order chi connectivity index (χ1) is 14.1. The molecule has 1 aliphatic rings. The largest absolute Gasteiger partial charge is 0.573 e. The van der Waals surface area contributed by atoms with Crippen LogP contribution in [0.15, 0.2) is 41.0 Å². The molecule has 6 nitrogen and oxygen atoms in total. The van der Waals surface area contributed by atoms with Crippen molar-refractivity contribution in [1.82, 2.24) is 9.38 Å². The first-order valence-electron chi connectivity index (χ1n) is 8.46. The molecule has 4 rings (SSSR count). The molecule has 0 fully saturated rings. The summed E-state index contributed by atoms with van der Waals surface area (Å²) in [5.74, 6) is -5.53. The molecule has 0 N–H and O–H groups in total. The summed E-state index contributed by atoms with van der Waals surface area (Å²) in [6.45, 7) is 0. The summed E-state index contributed by atoms with van der Waals surface area (Å²) in [5, 5.41) is 0. The topological polar surface area (TPSA) is 69.9 Å². The molecule has 0 saturated heterocycles. The number of pyridine rings is 1. The first kappa shape index (κ1) is 20.3. The highest BCUT2D eigenvalue weighted by Crippen LogP contribution is 2.47. The van der Waals surface area contributed by atoms with Crippen molar-refractivity contribution in [2.75, 3.05) is 7.11 Å². The molecule has 3 aromatic rings. The van der Waals surface area contributed by atoms with Crippen LogP contribution in [0.5, 0.6) is 5.75 Å². The lowest BCUT2D eigenvalue weighted by atomic mass is 9.86. The summed E-state index contributed by atoms with van der Waals surface area (Å²) in [4.78, 5) is 29.5. The number of rotatable bonds is 3. The number of esters is 1. The summed E-state index contributed by atoms with van der Waals surface area (Å²) in [7, 11) is 1.07. The third-order valence-corrected chi connectivity index (χ3v) is 5.36. The monoisotopic (exact) mass is 486 g/mol. The Labute approximate surface area is 174 Å². The fourth-order valence-electron chi connectivity index (χ4n) is 3.65. The quantitative estimate of drug-likeness (QED) is 0.314. The van der Waals surface area contributed by atoms with Crippen LogP contribution in [0.25, 0.3) is 5.65 Å². The van der Waals surface area contributed by atoms with Gasteiger partial charge in [-0.2, -0.15) is 0 Å². The third kappa shape index (κ3) is 3.22. The molecule has 0 bridgehead atoms. The first-order valence-corrected chi connectivity index (χ1v) is 9.25. The van der Waals surface area contributed by atoms with Crippen LogP contribution in [-0.2, 0) is 9.53 Å². The third-order valence-electron chi connectivity index (χ3n) is 4.78. The van der Waals surface area contributed by atoms with Crippen molar-refractivity contribution < 1.29 is 36.6 Å². The number of ketones is 1. The zero-order valence-corrected chi connectivity index (χ0v) is 16.6. The number of ether oxygens (including phenoxy) is 2. The summed E-state index contributed by atoms with van der Waals surface area (Å²) in [6.07, 6.45) is -3.70. The standard InChI is InChI=1S/C19H11BrF4N2O4/c1-29-18(28)14-13(8-4-2-3-5-11(8)30-19(22,23)24)16-15(17(14)27)25-12-6-10(21)9(20)7-26(12)16/h2-7,13-14H,1H3. The van der Waals surface area contributed by atoms with E-state index in [1.165, 1.54) is 28.8 Å². The minimum absolute atomic E-state index is 0.0442. The van der Waals surface area contributed by atoms with Gasteiger partial charge in [-0.05, 0) is 22.0 Å². The van der Waals surface area contributed by atoms with Crippen molar-refractivity contribution in [3.05, 3.63) is 63.8 Å². The van der Waals surface area contributed by atoms with E-state index >= 15 is 0 Å². The van der Waals surface area contributed by atoms with E-state index < -0.39 is 41.5 Å². The molecule has 2 heterocycles. The van der Waals surface area contributed by atoms with Crippen LogP contribution in [0, 0.1) is 11.7 Å². The predicted molar refractivity (Wildman–Crippen MR) is 97.7 cm³/mol. The Morgan fingerprint density at radius 1 is 1.27 bits per heavy atom. The number of hydrogen-bond donors (Lipinski definition) is 0. The molecule has 1 aliphatic carbocycles. The van der Waals surface area contributed by atoms with Crippen molar-refractivity contribution in [2.24, 2.45) is 5.92 Å². The smallest absolute Gasteiger partial charge is 0.468 e. The minimum atomic E-state index is -4.99. The van der Waals surface area contributed by atoms with Crippen molar-refractivity contribution in [3.8, 4) is 5.75 Å². The highest BCUT2D eigenvalue weighted by Gasteiger charge is 2.50. The highest BCUT2D eigenvalue weighted by atomic mass is 79.9. The van der Waals surface area contributed by atoms with Crippen molar-refractivity contribution in [1.29, 1.82) is 0 Å². The Balaban J connectivity index is 2.00. The van der Waals surface area contributed by atoms with Gasteiger partial charge in [-0.15, -0.1) is 13.2 Å². The van der Waals surface area contributed by atoms with Gasteiger partial charge in [-0.3, -0.25) is 9.59 Å². The second kappa shape index (κ2) is 7.08. The Hall–Kier alpha value is -2.95. The van der Waals surface area contributed by atoms with E-state index in [4.69, 9.17) is 4.74 Å². The molecule has 2 atom stereocenters. The van der Waals surface area contributed by atoms with Crippen LogP contribution in [0.3, 0.4) is 0 Å². The molecule has 2 aromatic heterocycles. The van der Waals surface area contributed by atoms with Gasteiger partial charge in [0.05, 0.1) is 23.2 Å². The lowest BCUT2D eigenvalue weighted by Crippen LogP contribution is -2.28. The molecule has 2 unspecified atom stereocenters. The molecule has 0 radical (unpaired) electrons. The maximum Gasteiger partial charge on any atom is 0.573 e. The molecule has 156 valence electrons. The van der Waals surface area contributed by atoms with Gasteiger partial charge < -0.3 is 13.9 Å². The van der Waals surface area contributed by atoms with Gasteiger partial charge in [0, 0.05) is 17.8 Å². The number of nitrogens with zero attached hydrogens (tertiary/aromatic N) is 2. The van der Waals surface area contributed by atoms with Crippen LogP contribution in [0.1, 0.15) is 27.7 Å². The van der Waals surface area contributed by atoms with Crippen LogP contribution in [0.2, 0.25) is 0 Å². The van der Waals surface area contributed by atoms with Crippen LogP contribution >= 0.6 is 15.9 Å². The van der Waals surface area contributed by atoms with E-state index in [0.717, 1.165) is 19.2 Å². The molecule has 0 amide bonds. The van der Waals surface area contributed by atoms with E-state index in [1.54, 1.807) is 0 Å². The number of imidazole rings is 1. The lowest BCUT2D eigenvalue weighted by molar-refractivity contribution is -0.274. The maximum atomic E-state index is 13.9. The number of alkyl halides is 3. The number of benzene rings is 1. The van der Waals surface area contributed by atoms with Gasteiger partial charge in [0.25, 0.3) is 0 Å². The number of fused-ring (bicyclic) bond motifs is 3. The fraction of sp³-hybridized carbons (Fsp3) is 0.211. The average Bonchev–Trinajstić information content (AvgIpc) is 3.16. The van der Waals surface area contributed by atoms with E-state index in [1.807, 2.05) is 0 Å². The number of methoxy groups -OCH3 is 1. The van der Waals surface area contributed by atoms with Gasteiger partial charge in [0.2, 0.25) is 0 Å². The summed E-state index contributed by atoms with van der Waals surface area (Å²) in [6, 6.07) is 6.25. The summed E-state index contributed by atoms with van der Waals surface area (Å²) >= 11 is 3.04. The molecule has 11 heteroatoms. The molecule has 0 saturated carbocycles. The van der Waals surface area contributed by atoms with Crippen molar-refractivity contribution in [2.45, 2.75) is 12.3 Å². The molecular formula is C19H11BrF4N2O4. The number of carbonyl (C=O) groups excluding carboxylic acids is 2. The number of para-hydroxylation sites is 1. The van der Waals surface area contributed by atoms with E-state index in [2.05, 4.69) is 25.7 Å². The molecule has 1 aromatic carbocycles. The Kier molecular flexibility index (Phi) is 4.80. The van der Waals surface area contributed by atoms with Gasteiger partial charge in [0.1, 0.15) is 28.8 Å². The minimum Gasteiger partial charge on any atom is -0.468 e. The lowest BCUT2D eigenvalue weighted by Gasteiger charge is -2.22. The van der Waals surface area contributed by atoms with E-state index in [-0.39, 0.29) is 27.1 Å². The summed E-state index contributed by atoms with van der Waals surface area (Å²) in [5.41, 5.74) is 0.00944. The van der Waals surface area contributed by atoms with Gasteiger partial charge in [-0.25, -0.2) is 9.37 Å². The Morgan fingerprint density at radius 2 is 1.97 bits per heavy atom. The van der Waals surface area contributed by atoms with E-state index in [0.29, 0.717) is 0 Å². The number of halogens is 5. The normalized spacial score (nSPS) is 18.5. The number of hydrogen-bond acceptors (Lipinski definition) is 5. The highest BCUT2D eigenvalue weighted by molar-refractivity contribution is 9.10. The predicted octanol–water partition coefficient (Wildman–Crippen LogP) is 4.25. The number of Topliss-reactive ketones (excluding diaryl/α,β-unsaturated/α-hetero) is 1. The fourth-order valence-corrected chi connectivity index (χ4v) is 3.96. The SMILES string of the molecule is COC(=O)C1C(=O)c2nc3cc(F)c(Br)cn3c2C1c1ccccc1OC(F)(F)F. The van der Waals surface area contributed by atoms with Crippen molar-refractivity contribution in [3.63, 3.8) is 0 Å². The number of aromatic nitrogens is 2. The summed E-state index contributed by atoms with van der Waals surface area (Å²) < 4.78 is 63.0.